The maximum absolute atomic E-state index is 10.6. The highest BCUT2D eigenvalue weighted by atomic mass is 15.0. The fraction of sp³-hybridized carbons (Fsp3) is 0.0161. The van der Waals surface area contributed by atoms with Gasteiger partial charge < -0.3 is 18.3 Å². The quantitative estimate of drug-likeness (QED) is 0.170. The molecule has 4 aromatic heterocycles. The maximum Gasteiger partial charge on any atom is 0.0991 e. The average molecular weight is 854 g/mol. The molecular weight excluding hydrogens is 815 g/mol. The third-order valence-electron chi connectivity index (χ3n) is 14.0. The lowest BCUT2D eigenvalue weighted by molar-refractivity contribution is 1.15. The fourth-order valence-corrected chi connectivity index (χ4v) is 11.2. The van der Waals surface area contributed by atoms with Crippen LogP contribution in [0.15, 0.2) is 218 Å². The minimum Gasteiger partial charge on any atom is -0.309 e. The molecule has 5 nitrogen and oxygen atoms in total. The summed E-state index contributed by atoms with van der Waals surface area (Å²) < 4.78 is 9.66. The number of para-hydroxylation sites is 6. The number of hydrogen-bond donors (Lipinski definition) is 0. The molecule has 0 aliphatic rings. The average Bonchev–Trinajstić information content (AvgIpc) is 4.09. The Morgan fingerprint density at radius 1 is 0.299 bits per heavy atom. The summed E-state index contributed by atoms with van der Waals surface area (Å²) in [6, 6.07) is 81.3. The van der Waals surface area contributed by atoms with Crippen molar-refractivity contribution < 1.29 is 0 Å². The molecule has 67 heavy (non-hydrogen) atoms. The Morgan fingerprint density at radius 2 is 0.701 bits per heavy atom. The van der Waals surface area contributed by atoms with Gasteiger partial charge in [0.15, 0.2) is 0 Å². The van der Waals surface area contributed by atoms with Crippen molar-refractivity contribution in [2.75, 3.05) is 0 Å². The largest absolute Gasteiger partial charge is 0.309 e. The fourth-order valence-electron chi connectivity index (χ4n) is 11.2. The van der Waals surface area contributed by atoms with Gasteiger partial charge in [-0.2, -0.15) is 5.26 Å². The molecule has 0 atom stereocenters. The van der Waals surface area contributed by atoms with E-state index in [1.54, 1.807) is 0 Å². The Morgan fingerprint density at radius 3 is 1.16 bits per heavy atom. The number of fused-ring (bicyclic) bond motifs is 12. The number of aromatic nitrogens is 4. The van der Waals surface area contributed by atoms with Gasteiger partial charge in [0.25, 0.3) is 0 Å². The molecule has 0 radical (unpaired) electrons. The summed E-state index contributed by atoms with van der Waals surface area (Å²) in [5.74, 6) is 0. The van der Waals surface area contributed by atoms with Gasteiger partial charge >= 0.3 is 0 Å². The van der Waals surface area contributed by atoms with Crippen LogP contribution in [0.25, 0.3) is 121 Å². The Labute approximate surface area is 385 Å². The van der Waals surface area contributed by atoms with E-state index < -0.39 is 0 Å². The van der Waals surface area contributed by atoms with E-state index in [1.165, 1.54) is 54.1 Å². The van der Waals surface area contributed by atoms with Gasteiger partial charge in [-0.15, -0.1) is 0 Å². The molecule has 10 aromatic carbocycles. The number of aryl methyl sites for hydroxylation is 1. The zero-order chi connectivity index (χ0) is 44.3. The van der Waals surface area contributed by atoms with Crippen LogP contribution in [0.3, 0.4) is 0 Å². The molecule has 0 spiro atoms. The third-order valence-corrected chi connectivity index (χ3v) is 14.0. The second kappa shape index (κ2) is 14.2. The molecule has 0 aliphatic heterocycles. The zero-order valence-corrected chi connectivity index (χ0v) is 36.5. The van der Waals surface area contributed by atoms with Crippen molar-refractivity contribution in [1.29, 1.82) is 5.26 Å². The topological polar surface area (TPSA) is 43.5 Å². The first kappa shape index (κ1) is 37.3. The van der Waals surface area contributed by atoms with Gasteiger partial charge in [-0.1, -0.05) is 121 Å². The predicted octanol–water partition coefficient (Wildman–Crippen LogP) is 15.9. The second-order valence-corrected chi connectivity index (χ2v) is 17.7. The molecule has 0 fully saturated rings. The lowest BCUT2D eigenvalue weighted by Crippen LogP contribution is -2.03. The van der Waals surface area contributed by atoms with Crippen molar-refractivity contribution in [3.63, 3.8) is 0 Å². The minimum absolute atomic E-state index is 0.606. The van der Waals surface area contributed by atoms with Gasteiger partial charge in [-0.05, 0) is 110 Å². The Hall–Kier alpha value is -9.11. The van der Waals surface area contributed by atoms with Gasteiger partial charge in [-0.3, -0.25) is 0 Å². The van der Waals surface area contributed by atoms with Crippen molar-refractivity contribution >= 4 is 87.2 Å². The summed E-state index contributed by atoms with van der Waals surface area (Å²) in [6.45, 7) is 2.17. The number of nitriles is 1. The van der Waals surface area contributed by atoms with E-state index in [4.69, 9.17) is 0 Å². The summed E-state index contributed by atoms with van der Waals surface area (Å²) in [7, 11) is 0. The predicted molar refractivity (Wildman–Crippen MR) is 279 cm³/mol. The second-order valence-electron chi connectivity index (χ2n) is 17.7. The first-order chi connectivity index (χ1) is 33.1. The zero-order valence-electron chi connectivity index (χ0n) is 36.5. The number of rotatable bonds is 5. The van der Waals surface area contributed by atoms with Crippen LogP contribution in [-0.4, -0.2) is 18.3 Å². The van der Waals surface area contributed by atoms with Crippen LogP contribution in [0.1, 0.15) is 11.1 Å². The van der Waals surface area contributed by atoms with Gasteiger partial charge in [0.2, 0.25) is 0 Å². The summed E-state index contributed by atoms with van der Waals surface area (Å²) in [4.78, 5) is 0. The normalized spacial score (nSPS) is 11.9. The van der Waals surface area contributed by atoms with E-state index in [0.29, 0.717) is 5.56 Å². The monoisotopic (exact) mass is 853 g/mol. The van der Waals surface area contributed by atoms with Crippen LogP contribution in [0.2, 0.25) is 0 Å². The summed E-state index contributed by atoms with van der Waals surface area (Å²) in [5.41, 5.74) is 17.1. The highest BCUT2D eigenvalue weighted by molar-refractivity contribution is 6.21. The molecular formula is C62H39N5. The number of hydrogen-bond acceptors (Lipinski definition) is 1. The van der Waals surface area contributed by atoms with E-state index in [1.807, 2.05) is 6.07 Å². The molecule has 0 unspecified atom stereocenters. The molecule has 312 valence electrons. The molecule has 5 heteroatoms. The van der Waals surface area contributed by atoms with E-state index in [9.17, 15) is 5.26 Å². The first-order valence-electron chi connectivity index (χ1n) is 22.8. The molecule has 0 aliphatic carbocycles. The molecule has 14 rings (SSSR count). The van der Waals surface area contributed by atoms with Gasteiger partial charge in [-0.25, -0.2) is 0 Å². The summed E-state index contributed by atoms with van der Waals surface area (Å²) in [5, 5.41) is 20.2. The van der Waals surface area contributed by atoms with Crippen molar-refractivity contribution in [2.24, 2.45) is 0 Å². The van der Waals surface area contributed by atoms with Gasteiger partial charge in [0, 0.05) is 65.6 Å². The van der Waals surface area contributed by atoms with Crippen LogP contribution < -0.4 is 0 Å². The Bertz CT molecular complexity index is 4400. The lowest BCUT2D eigenvalue weighted by atomic mass is 9.97. The van der Waals surface area contributed by atoms with E-state index >= 15 is 0 Å². The number of benzene rings is 10. The summed E-state index contributed by atoms with van der Waals surface area (Å²) >= 11 is 0. The van der Waals surface area contributed by atoms with E-state index in [0.717, 1.165) is 72.5 Å². The van der Waals surface area contributed by atoms with Crippen LogP contribution in [0, 0.1) is 18.3 Å². The van der Waals surface area contributed by atoms with Crippen LogP contribution in [0.4, 0.5) is 0 Å². The summed E-state index contributed by atoms with van der Waals surface area (Å²) in [6.07, 6.45) is 0. The SMILES string of the molecule is Cc1ccc(-c2cc(C#N)ccc2-n2c3ccccc3c3cc4c5ccccc5n(-c5ccccc5)c4cc32)c(-n2c3ccccc3c3cc4c5ccccc5n(-c5ccccc5)c4cc32)c1. The lowest BCUT2D eigenvalue weighted by Gasteiger charge is -2.19. The van der Waals surface area contributed by atoms with Crippen molar-refractivity contribution in [3.8, 4) is 39.9 Å². The smallest absolute Gasteiger partial charge is 0.0991 e. The number of nitrogens with zero attached hydrogens (tertiary/aromatic N) is 5. The molecule has 0 bridgehead atoms. The molecule has 0 N–H and O–H groups in total. The third kappa shape index (κ3) is 5.36. The van der Waals surface area contributed by atoms with Gasteiger partial charge in [0.05, 0.1) is 67.1 Å². The van der Waals surface area contributed by atoms with Crippen molar-refractivity contribution in [3.05, 3.63) is 230 Å². The maximum atomic E-state index is 10.6. The minimum atomic E-state index is 0.606. The molecule has 0 amide bonds. The molecule has 0 saturated heterocycles. The van der Waals surface area contributed by atoms with E-state index in [-0.39, 0.29) is 0 Å². The van der Waals surface area contributed by atoms with Crippen molar-refractivity contribution in [2.45, 2.75) is 6.92 Å². The molecule has 0 saturated carbocycles. The van der Waals surface area contributed by atoms with Crippen LogP contribution >= 0.6 is 0 Å². The van der Waals surface area contributed by atoms with Crippen LogP contribution in [-0.2, 0) is 0 Å². The first-order valence-corrected chi connectivity index (χ1v) is 22.8. The van der Waals surface area contributed by atoms with Crippen LogP contribution in [0.5, 0.6) is 0 Å². The molecule has 4 heterocycles. The Kier molecular flexibility index (Phi) is 7.90. The highest BCUT2D eigenvalue weighted by Crippen LogP contribution is 2.45. The Balaban J connectivity index is 1.09. The standard InChI is InChI=1S/C62H39N5/c1-39-28-30-47(58(32-39)67-56-27-15-11-23-46(56)52-35-50-44-21-9-13-25-54(44)65(60(50)37-62(52)67)42-18-6-3-7-19-42)48-33-40(38-63)29-31-57(48)66-55-26-14-10-22-45(55)51-34-49-43-20-8-12-24-53(43)64(59(49)36-61(51)66)41-16-4-2-5-17-41/h2-37H,1H3. The molecule has 14 aromatic rings. The van der Waals surface area contributed by atoms with Crippen molar-refractivity contribution in [1.82, 2.24) is 18.3 Å². The van der Waals surface area contributed by atoms with E-state index in [2.05, 4.69) is 244 Å². The van der Waals surface area contributed by atoms with Gasteiger partial charge in [0.1, 0.15) is 0 Å². The highest BCUT2D eigenvalue weighted by Gasteiger charge is 2.24.